The van der Waals surface area contributed by atoms with Gasteiger partial charge in [-0.2, -0.15) is 0 Å². The summed E-state index contributed by atoms with van der Waals surface area (Å²) >= 11 is 1.91. The molecular formula is C40H25NS. The number of thiophene rings is 1. The molecule has 196 valence electrons. The van der Waals surface area contributed by atoms with Crippen LogP contribution < -0.4 is 0 Å². The number of rotatable bonds is 3. The zero-order valence-corrected chi connectivity index (χ0v) is 23.6. The summed E-state index contributed by atoms with van der Waals surface area (Å²) in [6.45, 7) is 0. The van der Waals surface area contributed by atoms with Crippen molar-refractivity contribution in [2.75, 3.05) is 0 Å². The van der Waals surface area contributed by atoms with Crippen LogP contribution in [0.5, 0.6) is 0 Å². The molecule has 0 aliphatic rings. The molecule has 0 amide bonds. The molecule has 0 spiro atoms. The molecule has 2 heteroatoms. The lowest BCUT2D eigenvalue weighted by Gasteiger charge is -2.14. The third kappa shape index (κ3) is 3.43. The molecule has 0 unspecified atom stereocenters. The first-order valence-corrected chi connectivity index (χ1v) is 15.2. The molecular weight excluding hydrogens is 527 g/mol. The van der Waals surface area contributed by atoms with Crippen molar-refractivity contribution < 1.29 is 0 Å². The summed E-state index contributed by atoms with van der Waals surface area (Å²) in [5, 5.41) is 7.91. The van der Waals surface area contributed by atoms with Crippen LogP contribution in [0, 0.1) is 0 Å². The van der Waals surface area contributed by atoms with Crippen LogP contribution in [-0.4, -0.2) is 4.57 Å². The van der Waals surface area contributed by atoms with Crippen LogP contribution in [0.3, 0.4) is 0 Å². The van der Waals surface area contributed by atoms with Crippen LogP contribution >= 0.6 is 11.3 Å². The summed E-state index contributed by atoms with van der Waals surface area (Å²) in [7, 11) is 0. The molecule has 2 aromatic heterocycles. The number of fused-ring (bicyclic) bond motifs is 9. The van der Waals surface area contributed by atoms with Crippen molar-refractivity contribution in [2.45, 2.75) is 0 Å². The lowest BCUT2D eigenvalue weighted by atomic mass is 9.99. The Morgan fingerprint density at radius 1 is 0.429 bits per heavy atom. The van der Waals surface area contributed by atoms with E-state index < -0.39 is 0 Å². The fraction of sp³-hybridized carbons (Fsp3) is 0. The van der Waals surface area contributed by atoms with Gasteiger partial charge < -0.3 is 4.57 Å². The Morgan fingerprint density at radius 2 is 1.14 bits per heavy atom. The first-order chi connectivity index (χ1) is 20.8. The van der Waals surface area contributed by atoms with Crippen molar-refractivity contribution >= 4 is 64.1 Å². The van der Waals surface area contributed by atoms with Crippen LogP contribution in [-0.2, 0) is 0 Å². The average molecular weight is 552 g/mol. The maximum Gasteiger partial charge on any atom is 0.0548 e. The molecule has 0 aliphatic carbocycles. The van der Waals surface area contributed by atoms with Gasteiger partial charge in [0.15, 0.2) is 0 Å². The normalized spacial score (nSPS) is 11.8. The molecule has 0 N–H and O–H groups in total. The first kappa shape index (κ1) is 23.5. The minimum absolute atomic E-state index is 1.20. The Kier molecular flexibility index (Phi) is 5.13. The summed E-state index contributed by atoms with van der Waals surface area (Å²) < 4.78 is 5.15. The Labute approximate surface area is 247 Å². The van der Waals surface area contributed by atoms with Gasteiger partial charge in [0, 0.05) is 36.5 Å². The lowest BCUT2D eigenvalue weighted by Crippen LogP contribution is -1.96. The smallest absolute Gasteiger partial charge is 0.0548 e. The Morgan fingerprint density at radius 3 is 2.00 bits per heavy atom. The van der Waals surface area contributed by atoms with E-state index in [2.05, 4.69) is 156 Å². The van der Waals surface area contributed by atoms with E-state index in [1.807, 2.05) is 11.3 Å². The Bertz CT molecular complexity index is 2450. The summed E-state index contributed by atoms with van der Waals surface area (Å²) in [5.74, 6) is 0. The van der Waals surface area contributed by atoms with Gasteiger partial charge in [-0.3, -0.25) is 0 Å². The summed E-state index contributed by atoms with van der Waals surface area (Å²) in [6, 6.07) is 55.2. The lowest BCUT2D eigenvalue weighted by molar-refractivity contribution is 1.18. The number of benzene rings is 7. The topological polar surface area (TPSA) is 4.93 Å². The van der Waals surface area contributed by atoms with Crippen molar-refractivity contribution in [1.82, 2.24) is 4.57 Å². The molecule has 0 saturated carbocycles. The number of hydrogen-bond donors (Lipinski definition) is 0. The highest BCUT2D eigenvalue weighted by Gasteiger charge is 2.20. The third-order valence-corrected chi connectivity index (χ3v) is 9.79. The van der Waals surface area contributed by atoms with Gasteiger partial charge in [0.1, 0.15) is 0 Å². The number of nitrogens with zero attached hydrogens (tertiary/aromatic N) is 1. The van der Waals surface area contributed by atoms with Gasteiger partial charge in [-0.05, 0) is 57.8 Å². The van der Waals surface area contributed by atoms with E-state index in [1.54, 1.807) is 0 Å². The highest BCUT2D eigenvalue weighted by atomic mass is 32.1. The molecule has 0 radical (unpaired) electrons. The minimum atomic E-state index is 1.20. The molecule has 0 fully saturated rings. The van der Waals surface area contributed by atoms with Gasteiger partial charge in [-0.1, -0.05) is 121 Å². The molecule has 0 bridgehead atoms. The van der Waals surface area contributed by atoms with Crippen molar-refractivity contribution in [3.8, 4) is 27.9 Å². The zero-order chi connectivity index (χ0) is 27.6. The van der Waals surface area contributed by atoms with E-state index in [0.717, 1.165) is 0 Å². The van der Waals surface area contributed by atoms with Crippen molar-refractivity contribution in [1.29, 1.82) is 0 Å². The second-order valence-corrected chi connectivity index (χ2v) is 12.0. The van der Waals surface area contributed by atoms with Crippen LogP contribution in [0.4, 0.5) is 0 Å². The van der Waals surface area contributed by atoms with E-state index >= 15 is 0 Å². The molecule has 1 nitrogen and oxygen atoms in total. The minimum Gasteiger partial charge on any atom is -0.309 e. The summed E-state index contributed by atoms with van der Waals surface area (Å²) in [5.41, 5.74) is 8.64. The molecule has 0 saturated heterocycles. The maximum atomic E-state index is 2.46. The van der Waals surface area contributed by atoms with Gasteiger partial charge in [0.25, 0.3) is 0 Å². The van der Waals surface area contributed by atoms with E-state index in [4.69, 9.17) is 0 Å². The van der Waals surface area contributed by atoms with Crippen LogP contribution in [0.2, 0.25) is 0 Å². The van der Waals surface area contributed by atoms with E-state index in [0.29, 0.717) is 0 Å². The Balaban J connectivity index is 1.35. The SMILES string of the molecule is c1ccc(-c2ccc3c(ccc4c3sc3ccc5c(c6ccccc6n5-c5ccccc5-c5ccccc5)c34)c2)cc1. The number of para-hydroxylation sites is 2. The third-order valence-electron chi connectivity index (χ3n) is 8.59. The van der Waals surface area contributed by atoms with Crippen molar-refractivity contribution in [3.63, 3.8) is 0 Å². The quantitative estimate of drug-likeness (QED) is 0.206. The second-order valence-electron chi connectivity index (χ2n) is 10.9. The molecule has 9 aromatic rings. The molecule has 7 aromatic carbocycles. The van der Waals surface area contributed by atoms with Crippen LogP contribution in [0.25, 0.3) is 80.7 Å². The standard InChI is InChI=1S/C40H25NS/c1-3-11-26(12-4-1)28-19-21-31-29(25-28)20-22-33-39-37(42-40(31)33)24-23-36-38(39)32-16-8-10-18-35(32)41(36)34-17-9-7-15-30(34)27-13-5-2-6-14-27/h1-25H. The van der Waals surface area contributed by atoms with Gasteiger partial charge in [-0.15, -0.1) is 11.3 Å². The van der Waals surface area contributed by atoms with Crippen molar-refractivity contribution in [3.05, 3.63) is 152 Å². The van der Waals surface area contributed by atoms with E-state index in [1.165, 1.54) is 80.7 Å². The fourth-order valence-electron chi connectivity index (χ4n) is 6.71. The average Bonchev–Trinajstić information content (AvgIpc) is 3.61. The van der Waals surface area contributed by atoms with Gasteiger partial charge in [0.2, 0.25) is 0 Å². The van der Waals surface area contributed by atoms with Gasteiger partial charge in [0.05, 0.1) is 16.7 Å². The number of hydrogen-bond acceptors (Lipinski definition) is 1. The first-order valence-electron chi connectivity index (χ1n) is 14.4. The fourth-order valence-corrected chi connectivity index (χ4v) is 7.96. The monoisotopic (exact) mass is 551 g/mol. The second kappa shape index (κ2) is 9.17. The summed E-state index contributed by atoms with van der Waals surface area (Å²) in [4.78, 5) is 0. The zero-order valence-electron chi connectivity index (χ0n) is 22.8. The molecule has 9 rings (SSSR count). The largest absolute Gasteiger partial charge is 0.309 e. The van der Waals surface area contributed by atoms with E-state index in [-0.39, 0.29) is 0 Å². The molecule has 42 heavy (non-hydrogen) atoms. The van der Waals surface area contributed by atoms with Gasteiger partial charge >= 0.3 is 0 Å². The highest BCUT2D eigenvalue weighted by molar-refractivity contribution is 7.27. The van der Waals surface area contributed by atoms with Gasteiger partial charge in [-0.25, -0.2) is 0 Å². The number of aromatic nitrogens is 1. The van der Waals surface area contributed by atoms with Crippen LogP contribution in [0.15, 0.2) is 152 Å². The summed E-state index contributed by atoms with van der Waals surface area (Å²) in [6.07, 6.45) is 0. The molecule has 2 heterocycles. The highest BCUT2D eigenvalue weighted by Crippen LogP contribution is 2.46. The van der Waals surface area contributed by atoms with E-state index in [9.17, 15) is 0 Å². The predicted octanol–water partition coefficient (Wildman–Crippen LogP) is 11.6. The molecule has 0 aliphatic heterocycles. The Hall–Kier alpha value is -5.18. The maximum absolute atomic E-state index is 2.46. The van der Waals surface area contributed by atoms with Crippen LogP contribution in [0.1, 0.15) is 0 Å². The molecule has 0 atom stereocenters. The predicted molar refractivity (Wildman–Crippen MR) is 182 cm³/mol. The van der Waals surface area contributed by atoms with Crippen molar-refractivity contribution in [2.24, 2.45) is 0 Å².